The summed E-state index contributed by atoms with van der Waals surface area (Å²) in [6.45, 7) is 4.43. The second kappa shape index (κ2) is 12.5. The number of allylic oxidation sites excluding steroid dienone is 4. The summed E-state index contributed by atoms with van der Waals surface area (Å²) in [5.74, 6) is 0. The summed E-state index contributed by atoms with van der Waals surface area (Å²) in [4.78, 5) is 0. The first-order chi connectivity index (χ1) is 6.91. The highest BCUT2D eigenvalue weighted by molar-refractivity contribution is 5.01. The standard InChI is InChI=1S/C14H26/c1-3-5-7-9-11-13-14-12-10-8-6-4-2/h5,7,9,11H,3-4,6,8,10,12-14H2,1-2H3/b7-5?,11-9+. The third-order valence-corrected chi connectivity index (χ3v) is 2.34. The Morgan fingerprint density at radius 1 is 0.714 bits per heavy atom. The van der Waals surface area contributed by atoms with Gasteiger partial charge in [-0.15, -0.1) is 0 Å². The molecule has 0 saturated carbocycles. The lowest BCUT2D eigenvalue weighted by atomic mass is 10.1. The third kappa shape index (κ3) is 11.5. The summed E-state index contributed by atoms with van der Waals surface area (Å²) < 4.78 is 0. The van der Waals surface area contributed by atoms with Gasteiger partial charge in [0, 0.05) is 0 Å². The summed E-state index contributed by atoms with van der Waals surface area (Å²) in [5, 5.41) is 0. The normalized spacial score (nSPS) is 11.9. The molecule has 0 heterocycles. The number of rotatable bonds is 9. The zero-order valence-electron chi connectivity index (χ0n) is 9.97. The van der Waals surface area contributed by atoms with E-state index in [0.717, 1.165) is 6.42 Å². The van der Waals surface area contributed by atoms with Crippen LogP contribution in [0.3, 0.4) is 0 Å². The van der Waals surface area contributed by atoms with Crippen molar-refractivity contribution in [3.05, 3.63) is 24.3 Å². The first-order valence-corrected chi connectivity index (χ1v) is 6.23. The maximum absolute atomic E-state index is 2.28. The molecule has 0 bridgehead atoms. The molecule has 0 aliphatic rings. The molecule has 0 heteroatoms. The molecule has 0 unspecified atom stereocenters. The molecule has 14 heavy (non-hydrogen) atoms. The summed E-state index contributed by atoms with van der Waals surface area (Å²) in [5.41, 5.74) is 0. The van der Waals surface area contributed by atoms with E-state index in [0.29, 0.717) is 0 Å². The van der Waals surface area contributed by atoms with Crippen molar-refractivity contribution in [2.45, 2.75) is 65.2 Å². The van der Waals surface area contributed by atoms with Crippen LogP contribution < -0.4 is 0 Å². The Bertz CT molecular complexity index is 142. The molecule has 0 N–H and O–H groups in total. The van der Waals surface area contributed by atoms with Gasteiger partial charge in [-0.1, -0.05) is 70.3 Å². The molecular weight excluding hydrogens is 168 g/mol. The zero-order valence-corrected chi connectivity index (χ0v) is 9.97. The second-order valence-corrected chi connectivity index (χ2v) is 3.82. The predicted molar refractivity (Wildman–Crippen MR) is 66.6 cm³/mol. The molecule has 0 atom stereocenters. The van der Waals surface area contributed by atoms with E-state index in [1.54, 1.807) is 0 Å². The Balaban J connectivity index is 3.05. The molecule has 0 rings (SSSR count). The Hall–Kier alpha value is -0.520. The maximum atomic E-state index is 2.28. The van der Waals surface area contributed by atoms with Crippen LogP contribution in [0.2, 0.25) is 0 Å². The molecule has 0 aliphatic heterocycles. The molecule has 0 saturated heterocycles. The van der Waals surface area contributed by atoms with Gasteiger partial charge in [-0.2, -0.15) is 0 Å². The summed E-state index contributed by atoms with van der Waals surface area (Å²) >= 11 is 0. The topological polar surface area (TPSA) is 0 Å². The predicted octanol–water partition coefficient (Wildman–Crippen LogP) is 5.26. The molecule has 0 nitrogen and oxygen atoms in total. The second-order valence-electron chi connectivity index (χ2n) is 3.82. The number of hydrogen-bond donors (Lipinski definition) is 0. The average Bonchev–Trinajstić information content (AvgIpc) is 2.21. The molecule has 0 aromatic rings. The minimum atomic E-state index is 1.14. The molecule has 0 aromatic carbocycles. The van der Waals surface area contributed by atoms with Crippen LogP contribution in [0, 0.1) is 0 Å². The molecular formula is C14H26. The smallest absolute Gasteiger partial charge is 0.0348 e. The van der Waals surface area contributed by atoms with Crippen LogP contribution in [0.1, 0.15) is 65.2 Å². The Kier molecular flexibility index (Phi) is 12.0. The van der Waals surface area contributed by atoms with E-state index in [4.69, 9.17) is 0 Å². The van der Waals surface area contributed by atoms with E-state index in [-0.39, 0.29) is 0 Å². The van der Waals surface area contributed by atoms with Crippen LogP contribution >= 0.6 is 0 Å². The van der Waals surface area contributed by atoms with Gasteiger partial charge in [-0.05, 0) is 19.3 Å². The molecule has 0 amide bonds. The molecule has 0 spiro atoms. The van der Waals surface area contributed by atoms with Crippen molar-refractivity contribution in [2.75, 3.05) is 0 Å². The van der Waals surface area contributed by atoms with Gasteiger partial charge in [0.15, 0.2) is 0 Å². The maximum Gasteiger partial charge on any atom is -0.0348 e. The van der Waals surface area contributed by atoms with Crippen LogP contribution in [0.5, 0.6) is 0 Å². The van der Waals surface area contributed by atoms with Gasteiger partial charge in [0.1, 0.15) is 0 Å². The summed E-state index contributed by atoms with van der Waals surface area (Å²) in [6, 6.07) is 0. The first kappa shape index (κ1) is 13.5. The Morgan fingerprint density at radius 2 is 1.36 bits per heavy atom. The van der Waals surface area contributed by atoms with Gasteiger partial charge in [-0.3, -0.25) is 0 Å². The van der Waals surface area contributed by atoms with E-state index in [1.165, 1.54) is 44.9 Å². The van der Waals surface area contributed by atoms with E-state index >= 15 is 0 Å². The molecule has 0 aromatic heterocycles. The van der Waals surface area contributed by atoms with E-state index < -0.39 is 0 Å². The van der Waals surface area contributed by atoms with Gasteiger partial charge in [0.2, 0.25) is 0 Å². The van der Waals surface area contributed by atoms with Gasteiger partial charge >= 0.3 is 0 Å². The highest BCUT2D eigenvalue weighted by Crippen LogP contribution is 2.07. The van der Waals surface area contributed by atoms with Crippen molar-refractivity contribution in [2.24, 2.45) is 0 Å². The molecule has 82 valence electrons. The van der Waals surface area contributed by atoms with Crippen LogP contribution in [-0.4, -0.2) is 0 Å². The quantitative estimate of drug-likeness (QED) is 0.347. The largest absolute Gasteiger partial charge is 0.0848 e. The molecule has 0 radical (unpaired) electrons. The van der Waals surface area contributed by atoms with Gasteiger partial charge in [-0.25, -0.2) is 0 Å². The highest BCUT2D eigenvalue weighted by atomic mass is 13.9. The van der Waals surface area contributed by atoms with Crippen molar-refractivity contribution in [1.82, 2.24) is 0 Å². The zero-order chi connectivity index (χ0) is 10.5. The van der Waals surface area contributed by atoms with Crippen LogP contribution in [0.25, 0.3) is 0 Å². The fraction of sp³-hybridized carbons (Fsp3) is 0.714. The minimum Gasteiger partial charge on any atom is -0.0848 e. The van der Waals surface area contributed by atoms with E-state index in [9.17, 15) is 0 Å². The fourth-order valence-corrected chi connectivity index (χ4v) is 1.43. The lowest BCUT2D eigenvalue weighted by Gasteiger charge is -1.97. The van der Waals surface area contributed by atoms with Crippen molar-refractivity contribution < 1.29 is 0 Å². The van der Waals surface area contributed by atoms with Crippen molar-refractivity contribution in [3.8, 4) is 0 Å². The lowest BCUT2D eigenvalue weighted by molar-refractivity contribution is 0.611. The fourth-order valence-electron chi connectivity index (χ4n) is 1.43. The Morgan fingerprint density at radius 3 is 2.07 bits per heavy atom. The molecule has 0 fully saturated rings. The first-order valence-electron chi connectivity index (χ1n) is 6.23. The van der Waals surface area contributed by atoms with Crippen LogP contribution in [0.15, 0.2) is 24.3 Å². The van der Waals surface area contributed by atoms with E-state index in [1.807, 2.05) is 0 Å². The monoisotopic (exact) mass is 194 g/mol. The lowest BCUT2D eigenvalue weighted by Crippen LogP contribution is -1.77. The van der Waals surface area contributed by atoms with Crippen LogP contribution in [0.4, 0.5) is 0 Å². The van der Waals surface area contributed by atoms with Crippen molar-refractivity contribution >= 4 is 0 Å². The SMILES string of the molecule is CCC=C/C=C/CCCCCCCC. The van der Waals surface area contributed by atoms with Crippen LogP contribution in [-0.2, 0) is 0 Å². The summed E-state index contributed by atoms with van der Waals surface area (Å²) in [6.07, 6.45) is 19.6. The number of hydrogen-bond acceptors (Lipinski definition) is 0. The highest BCUT2D eigenvalue weighted by Gasteiger charge is 1.87. The van der Waals surface area contributed by atoms with E-state index in [2.05, 4.69) is 38.2 Å². The number of unbranched alkanes of at least 4 members (excludes halogenated alkanes) is 6. The molecule has 0 aliphatic carbocycles. The van der Waals surface area contributed by atoms with Crippen molar-refractivity contribution in [1.29, 1.82) is 0 Å². The van der Waals surface area contributed by atoms with Gasteiger partial charge < -0.3 is 0 Å². The third-order valence-electron chi connectivity index (χ3n) is 2.34. The van der Waals surface area contributed by atoms with Crippen molar-refractivity contribution in [3.63, 3.8) is 0 Å². The van der Waals surface area contributed by atoms with Gasteiger partial charge in [0.05, 0.1) is 0 Å². The van der Waals surface area contributed by atoms with Gasteiger partial charge in [0.25, 0.3) is 0 Å². The Labute approximate surface area is 90.1 Å². The summed E-state index contributed by atoms with van der Waals surface area (Å²) in [7, 11) is 0. The minimum absolute atomic E-state index is 1.14. The average molecular weight is 194 g/mol.